The summed E-state index contributed by atoms with van der Waals surface area (Å²) < 4.78 is 32.9. The Bertz CT molecular complexity index is 542. The minimum Gasteiger partial charge on any atom is -0.543 e. The Morgan fingerprint density at radius 3 is 2.24 bits per heavy atom. The summed E-state index contributed by atoms with van der Waals surface area (Å²) in [6.07, 6.45) is 0. The van der Waals surface area contributed by atoms with Gasteiger partial charge in [0.2, 0.25) is 8.32 Å². The molecule has 0 spiro atoms. The molecule has 21 heavy (non-hydrogen) atoms. The number of hydrogen-bond donors (Lipinski definition) is 1. The average Bonchev–Trinajstić information content (AvgIpc) is 2.35. The summed E-state index contributed by atoms with van der Waals surface area (Å²) in [5.41, 5.74) is 0.703. The second-order valence-electron chi connectivity index (χ2n) is 6.69. The van der Waals surface area contributed by atoms with Gasteiger partial charge in [-0.25, -0.2) is 8.78 Å². The topological polar surface area (TPSA) is 29.5 Å². The Labute approximate surface area is 126 Å². The van der Waals surface area contributed by atoms with E-state index in [4.69, 9.17) is 4.43 Å². The minimum atomic E-state index is -2.12. The molecule has 0 saturated heterocycles. The molecule has 0 aromatic heterocycles. The number of aliphatic hydroxyl groups is 1. The van der Waals surface area contributed by atoms with Gasteiger partial charge in [0, 0.05) is 11.1 Å². The molecule has 0 aliphatic carbocycles. The normalized spacial score (nSPS) is 14.0. The van der Waals surface area contributed by atoms with E-state index in [0.717, 1.165) is 6.92 Å². The van der Waals surface area contributed by atoms with Crippen molar-refractivity contribution in [2.24, 2.45) is 0 Å². The van der Waals surface area contributed by atoms with Crippen molar-refractivity contribution in [1.82, 2.24) is 0 Å². The van der Waals surface area contributed by atoms with E-state index < -0.39 is 20.0 Å². The van der Waals surface area contributed by atoms with Gasteiger partial charge in [-0.1, -0.05) is 32.9 Å². The van der Waals surface area contributed by atoms with Crippen LogP contribution in [0.3, 0.4) is 0 Å². The lowest BCUT2D eigenvalue weighted by molar-refractivity contribution is 0.277. The molecule has 1 aromatic carbocycles. The Kier molecular flexibility index (Phi) is 5.33. The first-order valence-electron chi connectivity index (χ1n) is 6.94. The van der Waals surface area contributed by atoms with Gasteiger partial charge in [-0.2, -0.15) is 0 Å². The maximum absolute atomic E-state index is 13.7. The molecule has 0 saturated carbocycles. The van der Waals surface area contributed by atoms with E-state index >= 15 is 0 Å². The fourth-order valence-corrected chi connectivity index (χ4v) is 2.59. The summed E-state index contributed by atoms with van der Waals surface area (Å²) in [7, 11) is -2.12. The summed E-state index contributed by atoms with van der Waals surface area (Å²) >= 11 is 0. The van der Waals surface area contributed by atoms with Crippen LogP contribution in [0.2, 0.25) is 18.1 Å². The highest BCUT2D eigenvalue weighted by Crippen LogP contribution is 2.39. The van der Waals surface area contributed by atoms with E-state index in [0.29, 0.717) is 11.3 Å². The van der Waals surface area contributed by atoms with Crippen molar-refractivity contribution < 1.29 is 18.3 Å². The molecule has 0 unspecified atom stereocenters. The molecule has 1 aromatic rings. The number of halogens is 2. The second kappa shape index (κ2) is 6.28. The van der Waals surface area contributed by atoms with Gasteiger partial charge in [0.25, 0.3) is 0 Å². The molecule has 1 rings (SSSR count). The molecule has 0 amide bonds. The van der Waals surface area contributed by atoms with Crippen molar-refractivity contribution in [2.75, 3.05) is 0 Å². The number of allylic oxidation sites excluding steroid dienone is 1. The van der Waals surface area contributed by atoms with E-state index in [1.807, 2.05) is 0 Å². The lowest BCUT2D eigenvalue weighted by atomic mass is 10.1. The standard InChI is InChI=1S/C16H24F2O2Si/c1-11(17)15(18)12-7-8-13(10-19)14(9-12)20-21(5,6)16(2,3)4/h7-9,19H,10H2,1-6H3/b15-11-. The molecule has 118 valence electrons. The predicted octanol–water partition coefficient (Wildman–Crippen LogP) is 5.19. The summed E-state index contributed by atoms with van der Waals surface area (Å²) in [4.78, 5) is 0. The van der Waals surface area contributed by atoms with Crippen LogP contribution in [0, 0.1) is 0 Å². The van der Waals surface area contributed by atoms with E-state index in [-0.39, 0.29) is 17.2 Å². The van der Waals surface area contributed by atoms with Crippen molar-refractivity contribution in [2.45, 2.75) is 52.4 Å². The summed E-state index contributed by atoms with van der Waals surface area (Å²) in [5, 5.41) is 9.38. The number of hydrogen-bond acceptors (Lipinski definition) is 2. The molecule has 5 heteroatoms. The smallest absolute Gasteiger partial charge is 0.250 e. The minimum absolute atomic E-state index is 0.0277. The maximum Gasteiger partial charge on any atom is 0.250 e. The number of aliphatic hydroxyl groups excluding tert-OH is 1. The van der Waals surface area contributed by atoms with Gasteiger partial charge in [0.05, 0.1) is 6.61 Å². The molecule has 0 atom stereocenters. The first kappa shape index (κ1) is 17.8. The molecule has 0 bridgehead atoms. The zero-order chi connectivity index (χ0) is 16.4. The van der Waals surface area contributed by atoms with Crippen molar-refractivity contribution >= 4 is 14.1 Å². The van der Waals surface area contributed by atoms with Crippen LogP contribution in [0.25, 0.3) is 5.83 Å². The lowest BCUT2D eigenvalue weighted by Gasteiger charge is -2.37. The van der Waals surface area contributed by atoms with Gasteiger partial charge in [0.15, 0.2) is 5.83 Å². The molecular formula is C16H24F2O2Si. The summed E-state index contributed by atoms with van der Waals surface area (Å²) in [5.74, 6) is -1.34. The first-order chi connectivity index (χ1) is 9.49. The monoisotopic (exact) mass is 314 g/mol. The molecule has 0 fully saturated rings. The Balaban J connectivity index is 3.28. The molecule has 0 radical (unpaired) electrons. The van der Waals surface area contributed by atoms with Crippen LogP contribution in [0.5, 0.6) is 5.75 Å². The van der Waals surface area contributed by atoms with Crippen molar-refractivity contribution in [3.05, 3.63) is 35.2 Å². The SMILES string of the molecule is C/C(F)=C(/F)c1ccc(CO)c(O[Si](C)(C)C(C)(C)C)c1. The van der Waals surface area contributed by atoms with Crippen LogP contribution in [-0.2, 0) is 6.61 Å². The predicted molar refractivity (Wildman–Crippen MR) is 85.0 cm³/mol. The largest absolute Gasteiger partial charge is 0.543 e. The summed E-state index contributed by atoms with van der Waals surface area (Å²) in [6, 6.07) is 4.48. The fraction of sp³-hybridized carbons (Fsp3) is 0.500. The Morgan fingerprint density at radius 2 is 1.81 bits per heavy atom. The molecule has 1 N–H and O–H groups in total. The van der Waals surface area contributed by atoms with Crippen LogP contribution in [0.1, 0.15) is 38.8 Å². The van der Waals surface area contributed by atoms with E-state index in [1.54, 1.807) is 6.07 Å². The van der Waals surface area contributed by atoms with Crippen molar-refractivity contribution in [1.29, 1.82) is 0 Å². The molecule has 0 aliphatic heterocycles. The van der Waals surface area contributed by atoms with Crippen LogP contribution >= 0.6 is 0 Å². The zero-order valence-corrected chi connectivity index (χ0v) is 14.6. The van der Waals surface area contributed by atoms with Crippen LogP contribution in [0.4, 0.5) is 8.78 Å². The highest BCUT2D eigenvalue weighted by atomic mass is 28.4. The van der Waals surface area contributed by atoms with Gasteiger partial charge >= 0.3 is 0 Å². The second-order valence-corrected chi connectivity index (χ2v) is 11.4. The van der Waals surface area contributed by atoms with E-state index in [1.165, 1.54) is 12.1 Å². The summed E-state index contributed by atoms with van der Waals surface area (Å²) in [6.45, 7) is 11.3. The van der Waals surface area contributed by atoms with Gasteiger partial charge in [0.1, 0.15) is 11.6 Å². The highest BCUT2D eigenvalue weighted by Gasteiger charge is 2.39. The van der Waals surface area contributed by atoms with E-state index in [9.17, 15) is 13.9 Å². The molecule has 0 aliphatic rings. The van der Waals surface area contributed by atoms with Gasteiger partial charge in [-0.3, -0.25) is 0 Å². The fourth-order valence-electron chi connectivity index (χ4n) is 1.54. The van der Waals surface area contributed by atoms with Crippen LogP contribution in [0.15, 0.2) is 24.0 Å². The lowest BCUT2D eigenvalue weighted by Crippen LogP contribution is -2.44. The van der Waals surface area contributed by atoms with Crippen LogP contribution < -0.4 is 4.43 Å². The Morgan fingerprint density at radius 1 is 1.24 bits per heavy atom. The zero-order valence-electron chi connectivity index (χ0n) is 13.6. The first-order valence-corrected chi connectivity index (χ1v) is 9.85. The third-order valence-electron chi connectivity index (χ3n) is 3.96. The van der Waals surface area contributed by atoms with Gasteiger partial charge in [-0.05, 0) is 31.1 Å². The molecule has 0 heterocycles. The van der Waals surface area contributed by atoms with Crippen molar-refractivity contribution in [3.63, 3.8) is 0 Å². The van der Waals surface area contributed by atoms with Crippen molar-refractivity contribution in [3.8, 4) is 5.75 Å². The van der Waals surface area contributed by atoms with Gasteiger partial charge < -0.3 is 9.53 Å². The van der Waals surface area contributed by atoms with Crippen LogP contribution in [-0.4, -0.2) is 13.4 Å². The van der Waals surface area contributed by atoms with Gasteiger partial charge in [-0.15, -0.1) is 0 Å². The third-order valence-corrected chi connectivity index (χ3v) is 8.31. The molecular weight excluding hydrogens is 290 g/mol. The third kappa shape index (κ3) is 4.14. The highest BCUT2D eigenvalue weighted by molar-refractivity contribution is 6.74. The average molecular weight is 314 g/mol. The number of rotatable bonds is 4. The molecule has 2 nitrogen and oxygen atoms in total. The quantitative estimate of drug-likeness (QED) is 0.775. The number of benzene rings is 1. The maximum atomic E-state index is 13.7. The van der Waals surface area contributed by atoms with E-state index in [2.05, 4.69) is 33.9 Å². The Hall–Kier alpha value is -1.20.